The van der Waals surface area contributed by atoms with Crippen LogP contribution in [0.2, 0.25) is 0 Å². The minimum atomic E-state index is -0.662. The Morgan fingerprint density at radius 1 is 1.13 bits per heavy atom. The summed E-state index contributed by atoms with van der Waals surface area (Å²) in [5, 5.41) is 2.97. The topological polar surface area (TPSA) is 81.9 Å². The van der Waals surface area contributed by atoms with Gasteiger partial charge in [-0.1, -0.05) is 47.7 Å². The van der Waals surface area contributed by atoms with E-state index < -0.39 is 6.04 Å². The Balaban J connectivity index is 1.65. The van der Waals surface area contributed by atoms with E-state index in [9.17, 15) is 9.59 Å². The number of methoxy groups -OCH3 is 1. The van der Waals surface area contributed by atoms with E-state index in [0.29, 0.717) is 38.6 Å². The van der Waals surface area contributed by atoms with Crippen LogP contribution in [0, 0.1) is 0 Å². The number of nitrogens with zero attached hydrogens (tertiary/aromatic N) is 2. The number of benzene rings is 3. The Bertz CT molecular complexity index is 1740. The Hall–Kier alpha value is -3.95. The number of thiazole rings is 1. The summed E-state index contributed by atoms with van der Waals surface area (Å²) in [6.07, 6.45) is 1.83. The second-order valence-corrected chi connectivity index (χ2v) is 10.7. The molecule has 7 nitrogen and oxygen atoms in total. The summed E-state index contributed by atoms with van der Waals surface area (Å²) < 4.78 is 13.9. The number of fused-ring (bicyclic) bond motifs is 1. The van der Waals surface area contributed by atoms with E-state index in [1.54, 1.807) is 18.6 Å². The second-order valence-electron chi connectivity index (χ2n) is 8.80. The van der Waals surface area contributed by atoms with Gasteiger partial charge in [0.25, 0.3) is 11.5 Å². The van der Waals surface area contributed by atoms with Crippen molar-refractivity contribution in [3.8, 4) is 11.5 Å². The van der Waals surface area contributed by atoms with Crippen molar-refractivity contribution in [1.29, 1.82) is 0 Å². The number of allylic oxidation sites excluding steroid dienone is 1. The van der Waals surface area contributed by atoms with Crippen LogP contribution in [0.4, 0.5) is 5.69 Å². The van der Waals surface area contributed by atoms with Crippen molar-refractivity contribution in [3.05, 3.63) is 119 Å². The fourth-order valence-corrected chi connectivity index (χ4v) is 6.09. The first-order valence-electron chi connectivity index (χ1n) is 12.3. The van der Waals surface area contributed by atoms with E-state index in [-0.39, 0.29) is 11.5 Å². The number of anilines is 1. The minimum Gasteiger partial charge on any atom is -0.496 e. The Labute approximate surface area is 237 Å². The van der Waals surface area contributed by atoms with Crippen LogP contribution in [-0.4, -0.2) is 24.2 Å². The third kappa shape index (κ3) is 5.46. The molecule has 0 bridgehead atoms. The highest BCUT2D eigenvalue weighted by molar-refractivity contribution is 9.10. The van der Waals surface area contributed by atoms with Gasteiger partial charge in [0, 0.05) is 5.69 Å². The lowest BCUT2D eigenvalue weighted by Crippen LogP contribution is -2.40. The zero-order valence-electron chi connectivity index (χ0n) is 21.6. The van der Waals surface area contributed by atoms with Crippen LogP contribution in [0.3, 0.4) is 0 Å². The van der Waals surface area contributed by atoms with Gasteiger partial charge in [-0.3, -0.25) is 14.2 Å². The lowest BCUT2D eigenvalue weighted by molar-refractivity contribution is -0.113. The van der Waals surface area contributed by atoms with Crippen molar-refractivity contribution < 1.29 is 14.3 Å². The molecule has 4 aromatic rings. The molecule has 2 heterocycles. The second kappa shape index (κ2) is 11.4. The zero-order chi connectivity index (χ0) is 27.5. The van der Waals surface area contributed by atoms with Gasteiger partial charge < -0.3 is 14.8 Å². The number of hydrogen-bond donors (Lipinski definition) is 1. The minimum absolute atomic E-state index is 0.220. The van der Waals surface area contributed by atoms with E-state index >= 15 is 0 Å². The summed E-state index contributed by atoms with van der Waals surface area (Å²) in [5.74, 6) is 1.11. The molecule has 0 spiro atoms. The van der Waals surface area contributed by atoms with Gasteiger partial charge in [-0.15, -0.1) is 0 Å². The van der Waals surface area contributed by atoms with Crippen molar-refractivity contribution in [3.63, 3.8) is 0 Å². The molecule has 0 radical (unpaired) electrons. The molecule has 1 N–H and O–H groups in total. The molecular formula is C30H26BrN3O4S. The first kappa shape index (κ1) is 26.6. The van der Waals surface area contributed by atoms with Crippen molar-refractivity contribution >= 4 is 44.9 Å². The monoisotopic (exact) mass is 603 g/mol. The highest BCUT2D eigenvalue weighted by atomic mass is 79.9. The van der Waals surface area contributed by atoms with E-state index in [4.69, 9.17) is 14.5 Å². The molecule has 1 atom stereocenters. The summed E-state index contributed by atoms with van der Waals surface area (Å²) in [7, 11) is 1.60. The summed E-state index contributed by atoms with van der Waals surface area (Å²) in [4.78, 5) is 32.8. The maximum atomic E-state index is 13.9. The molecule has 1 aromatic heterocycles. The largest absolute Gasteiger partial charge is 0.496 e. The third-order valence-corrected chi connectivity index (χ3v) is 7.88. The maximum absolute atomic E-state index is 13.9. The molecule has 0 unspecified atom stereocenters. The first-order valence-corrected chi connectivity index (χ1v) is 14.0. The Morgan fingerprint density at radius 2 is 1.87 bits per heavy atom. The van der Waals surface area contributed by atoms with Crippen molar-refractivity contribution in [1.82, 2.24) is 4.57 Å². The summed E-state index contributed by atoms with van der Waals surface area (Å²) >= 11 is 4.80. The molecule has 1 aliphatic rings. The molecule has 0 fully saturated rings. The lowest BCUT2D eigenvalue weighted by Gasteiger charge is -2.25. The number of halogens is 1. The summed E-state index contributed by atoms with van der Waals surface area (Å²) in [6.45, 7) is 4.27. The number of hydrogen-bond acceptors (Lipinski definition) is 6. The molecule has 0 saturated carbocycles. The van der Waals surface area contributed by atoms with Crippen LogP contribution in [0.25, 0.3) is 6.08 Å². The summed E-state index contributed by atoms with van der Waals surface area (Å²) in [5.41, 5.74) is 3.03. The van der Waals surface area contributed by atoms with Crippen LogP contribution in [0.15, 0.2) is 98.3 Å². The standard InChI is InChI=1S/C30H26BrN3O4S/c1-4-38-22-13-11-20(12-14-22)27-26(28(35)33-21-8-6-5-7-9-21)18(2)32-30-34(27)29(36)25(39-30)17-19-10-15-24(37-3)23(31)16-19/h5-17,27H,4H2,1-3H3,(H,33,35)/b25-17-/t27-/m0/s1. The van der Waals surface area contributed by atoms with Gasteiger partial charge in [0.2, 0.25) is 0 Å². The van der Waals surface area contributed by atoms with Crippen molar-refractivity contribution in [2.24, 2.45) is 4.99 Å². The quantitative estimate of drug-likeness (QED) is 0.321. The molecule has 0 saturated heterocycles. The van der Waals surface area contributed by atoms with Crippen molar-refractivity contribution in [2.75, 3.05) is 19.0 Å². The number of ether oxygens (including phenoxy) is 2. The highest BCUT2D eigenvalue weighted by Crippen LogP contribution is 2.32. The number of carbonyl (C=O) groups is 1. The van der Waals surface area contributed by atoms with Gasteiger partial charge in [-0.2, -0.15) is 0 Å². The van der Waals surface area contributed by atoms with Crippen LogP contribution in [0.1, 0.15) is 31.0 Å². The molecule has 1 amide bonds. The van der Waals surface area contributed by atoms with Gasteiger partial charge in [-0.05, 0) is 83.4 Å². The lowest BCUT2D eigenvalue weighted by atomic mass is 9.95. The van der Waals surface area contributed by atoms with Gasteiger partial charge in [-0.25, -0.2) is 4.99 Å². The van der Waals surface area contributed by atoms with Gasteiger partial charge in [0.1, 0.15) is 11.5 Å². The fraction of sp³-hybridized carbons (Fsp3) is 0.167. The van der Waals surface area contributed by atoms with Gasteiger partial charge in [0.05, 0.1) is 40.0 Å². The number of carbonyl (C=O) groups excluding carboxylic acids is 1. The highest BCUT2D eigenvalue weighted by Gasteiger charge is 2.32. The third-order valence-electron chi connectivity index (χ3n) is 6.28. The van der Waals surface area contributed by atoms with E-state index in [0.717, 1.165) is 21.3 Å². The molecular weight excluding hydrogens is 578 g/mol. The molecule has 9 heteroatoms. The zero-order valence-corrected chi connectivity index (χ0v) is 24.0. The predicted molar refractivity (Wildman–Crippen MR) is 157 cm³/mol. The number of para-hydroxylation sites is 1. The first-order chi connectivity index (χ1) is 18.9. The Morgan fingerprint density at radius 3 is 2.54 bits per heavy atom. The van der Waals surface area contributed by atoms with Crippen molar-refractivity contribution in [2.45, 2.75) is 19.9 Å². The normalized spacial score (nSPS) is 15.0. The van der Waals surface area contributed by atoms with Gasteiger partial charge in [0.15, 0.2) is 4.80 Å². The number of rotatable bonds is 7. The van der Waals surface area contributed by atoms with Crippen LogP contribution in [-0.2, 0) is 4.79 Å². The van der Waals surface area contributed by atoms with E-state index in [1.165, 1.54) is 11.3 Å². The predicted octanol–water partition coefficient (Wildman–Crippen LogP) is 5.04. The maximum Gasteiger partial charge on any atom is 0.271 e. The van der Waals surface area contributed by atoms with E-state index in [1.807, 2.05) is 85.8 Å². The summed E-state index contributed by atoms with van der Waals surface area (Å²) in [6, 6.07) is 21.7. The molecule has 3 aromatic carbocycles. The molecule has 198 valence electrons. The number of aromatic nitrogens is 1. The van der Waals surface area contributed by atoms with Gasteiger partial charge >= 0.3 is 0 Å². The molecule has 1 aliphatic heterocycles. The molecule has 5 rings (SSSR count). The smallest absolute Gasteiger partial charge is 0.271 e. The molecule has 0 aliphatic carbocycles. The number of amides is 1. The van der Waals surface area contributed by atoms with Crippen LogP contribution >= 0.6 is 27.3 Å². The fourth-order valence-electron chi connectivity index (χ4n) is 4.48. The average Bonchev–Trinajstić information content (AvgIpc) is 3.23. The average molecular weight is 605 g/mol. The SMILES string of the molecule is CCOc1ccc([C@H]2C(C(=O)Nc3ccccc3)=C(C)N=c3s/c(=C\c4ccc(OC)c(Br)c4)c(=O)n32)cc1. The van der Waals surface area contributed by atoms with Crippen LogP contribution in [0.5, 0.6) is 11.5 Å². The number of nitrogens with one attached hydrogen (secondary N) is 1. The van der Waals surface area contributed by atoms with Crippen LogP contribution < -0.4 is 29.7 Å². The Kier molecular flexibility index (Phi) is 7.81. The van der Waals surface area contributed by atoms with E-state index in [2.05, 4.69) is 21.2 Å². The molecule has 39 heavy (non-hydrogen) atoms.